The van der Waals surface area contributed by atoms with Crippen molar-refractivity contribution in [1.29, 1.82) is 0 Å². The van der Waals surface area contributed by atoms with Crippen molar-refractivity contribution in [3.63, 3.8) is 0 Å². The van der Waals surface area contributed by atoms with E-state index in [1.807, 2.05) is 41.9 Å². The monoisotopic (exact) mass is 338 g/mol. The second kappa shape index (κ2) is 7.16. The molecular weight excluding hydrogens is 316 g/mol. The molecule has 0 aromatic carbocycles. The number of pyridine rings is 1. The van der Waals surface area contributed by atoms with E-state index in [1.54, 1.807) is 12.4 Å². The minimum Gasteiger partial charge on any atom is -0.380 e. The van der Waals surface area contributed by atoms with Gasteiger partial charge < -0.3 is 15.4 Å². The van der Waals surface area contributed by atoms with Crippen molar-refractivity contribution in [3.8, 4) is 11.4 Å². The number of hydrogen-bond acceptors (Lipinski definition) is 6. The van der Waals surface area contributed by atoms with Crippen LogP contribution in [0.4, 0.5) is 5.82 Å². The fraction of sp³-hybridized carbons (Fsp3) is 0.389. The fourth-order valence-electron chi connectivity index (χ4n) is 3.21. The first-order chi connectivity index (χ1) is 12.3. The molecule has 3 aromatic rings. The minimum atomic E-state index is 0.331. The molecule has 7 heteroatoms. The summed E-state index contributed by atoms with van der Waals surface area (Å²) >= 11 is 0. The van der Waals surface area contributed by atoms with Gasteiger partial charge in [-0.2, -0.15) is 0 Å². The molecule has 0 spiro atoms. The Bertz CT molecular complexity index is 848. The summed E-state index contributed by atoms with van der Waals surface area (Å²) in [6, 6.07) is 6.66. The molecule has 4 heterocycles. The van der Waals surface area contributed by atoms with E-state index in [-0.39, 0.29) is 0 Å². The van der Waals surface area contributed by atoms with Crippen molar-refractivity contribution >= 4 is 11.5 Å². The van der Waals surface area contributed by atoms with E-state index < -0.39 is 0 Å². The van der Waals surface area contributed by atoms with Gasteiger partial charge in [0.05, 0.1) is 30.9 Å². The molecule has 130 valence electrons. The number of anilines is 1. The first kappa shape index (κ1) is 16.0. The molecule has 1 aliphatic rings. The second-order valence-corrected chi connectivity index (χ2v) is 6.20. The Balaban J connectivity index is 1.49. The Labute approximate surface area is 146 Å². The molecule has 4 rings (SSSR count). The largest absolute Gasteiger partial charge is 0.380 e. The van der Waals surface area contributed by atoms with Gasteiger partial charge in [-0.25, -0.2) is 9.97 Å². The van der Waals surface area contributed by atoms with Crippen molar-refractivity contribution in [2.75, 3.05) is 25.1 Å². The Kier molecular flexibility index (Phi) is 4.58. The SMILES string of the molecule is CCOC[C@@H]1C[C@@H](Nc2cncc(-c3cnc4ccccn34)n2)CN1. The van der Waals surface area contributed by atoms with Crippen molar-refractivity contribution in [3.05, 3.63) is 43.0 Å². The average molecular weight is 338 g/mol. The van der Waals surface area contributed by atoms with Gasteiger partial charge in [-0.1, -0.05) is 6.07 Å². The van der Waals surface area contributed by atoms with Gasteiger partial charge in [-0.15, -0.1) is 0 Å². The lowest BCUT2D eigenvalue weighted by Crippen LogP contribution is -2.26. The number of rotatable bonds is 6. The Morgan fingerprint density at radius 1 is 1.32 bits per heavy atom. The highest BCUT2D eigenvalue weighted by Crippen LogP contribution is 2.20. The smallest absolute Gasteiger partial charge is 0.145 e. The molecule has 7 nitrogen and oxygen atoms in total. The summed E-state index contributed by atoms with van der Waals surface area (Å²) < 4.78 is 7.51. The molecule has 0 saturated carbocycles. The lowest BCUT2D eigenvalue weighted by Gasteiger charge is -2.13. The molecule has 0 unspecified atom stereocenters. The molecule has 1 saturated heterocycles. The standard InChI is InChI=1S/C18H22N6O/c1-2-25-12-14-7-13(8-20-14)22-17-11-19-9-15(23-17)16-10-21-18-5-3-4-6-24(16)18/h3-6,9-11,13-14,20H,2,7-8,12H2,1H3,(H,22,23)/t13-,14+/m1/s1. The highest BCUT2D eigenvalue weighted by atomic mass is 16.5. The van der Waals surface area contributed by atoms with Crippen LogP contribution < -0.4 is 10.6 Å². The fourth-order valence-corrected chi connectivity index (χ4v) is 3.21. The van der Waals surface area contributed by atoms with Gasteiger partial charge in [-0.3, -0.25) is 9.38 Å². The molecule has 2 N–H and O–H groups in total. The molecule has 0 radical (unpaired) electrons. The molecule has 0 amide bonds. The zero-order chi connectivity index (χ0) is 17.1. The lowest BCUT2D eigenvalue weighted by molar-refractivity contribution is 0.128. The van der Waals surface area contributed by atoms with Gasteiger partial charge in [0, 0.05) is 31.4 Å². The molecule has 2 atom stereocenters. The predicted molar refractivity (Wildman–Crippen MR) is 96.5 cm³/mol. The Morgan fingerprint density at radius 2 is 2.28 bits per heavy atom. The third kappa shape index (κ3) is 3.47. The normalized spacial score (nSPS) is 20.2. The molecule has 1 fully saturated rings. The summed E-state index contributed by atoms with van der Waals surface area (Å²) in [6.07, 6.45) is 8.37. The van der Waals surface area contributed by atoms with Gasteiger partial charge in [0.15, 0.2) is 0 Å². The van der Waals surface area contributed by atoms with E-state index in [0.29, 0.717) is 12.1 Å². The summed E-state index contributed by atoms with van der Waals surface area (Å²) in [5.74, 6) is 0.784. The zero-order valence-corrected chi connectivity index (χ0v) is 14.2. The lowest BCUT2D eigenvalue weighted by atomic mass is 10.2. The van der Waals surface area contributed by atoms with Crippen molar-refractivity contribution in [1.82, 2.24) is 24.7 Å². The van der Waals surface area contributed by atoms with Gasteiger partial charge in [0.25, 0.3) is 0 Å². The van der Waals surface area contributed by atoms with Crippen LogP contribution in [0.25, 0.3) is 17.0 Å². The van der Waals surface area contributed by atoms with Crippen LogP contribution in [0.3, 0.4) is 0 Å². The number of hydrogen-bond donors (Lipinski definition) is 2. The first-order valence-electron chi connectivity index (χ1n) is 8.65. The van der Waals surface area contributed by atoms with E-state index in [4.69, 9.17) is 9.72 Å². The van der Waals surface area contributed by atoms with E-state index in [2.05, 4.69) is 20.6 Å². The number of fused-ring (bicyclic) bond motifs is 1. The summed E-state index contributed by atoms with van der Waals surface area (Å²) in [5, 5.41) is 6.95. The topological polar surface area (TPSA) is 76.4 Å². The highest BCUT2D eigenvalue weighted by Gasteiger charge is 2.24. The third-order valence-electron chi connectivity index (χ3n) is 4.41. The number of imidazole rings is 1. The number of aromatic nitrogens is 4. The zero-order valence-electron chi connectivity index (χ0n) is 14.2. The van der Waals surface area contributed by atoms with Gasteiger partial charge in [0.2, 0.25) is 0 Å². The van der Waals surface area contributed by atoms with Gasteiger partial charge in [-0.05, 0) is 25.5 Å². The van der Waals surface area contributed by atoms with Crippen LogP contribution in [-0.4, -0.2) is 51.2 Å². The number of ether oxygens (including phenoxy) is 1. The van der Waals surface area contributed by atoms with Crippen LogP contribution in [-0.2, 0) is 4.74 Å². The van der Waals surface area contributed by atoms with Gasteiger partial charge in [0.1, 0.15) is 17.2 Å². The quantitative estimate of drug-likeness (QED) is 0.716. The Hall–Kier alpha value is -2.51. The maximum absolute atomic E-state index is 5.50. The van der Waals surface area contributed by atoms with Crippen LogP contribution >= 0.6 is 0 Å². The van der Waals surface area contributed by atoms with Crippen LogP contribution in [0.15, 0.2) is 43.0 Å². The van der Waals surface area contributed by atoms with Crippen LogP contribution in [0, 0.1) is 0 Å². The van der Waals surface area contributed by atoms with Crippen molar-refractivity contribution in [2.45, 2.75) is 25.4 Å². The minimum absolute atomic E-state index is 0.331. The molecule has 25 heavy (non-hydrogen) atoms. The summed E-state index contributed by atoms with van der Waals surface area (Å²) in [4.78, 5) is 13.5. The summed E-state index contributed by atoms with van der Waals surface area (Å²) in [7, 11) is 0. The predicted octanol–water partition coefficient (Wildman–Crippen LogP) is 1.97. The first-order valence-corrected chi connectivity index (χ1v) is 8.65. The van der Waals surface area contributed by atoms with E-state index >= 15 is 0 Å². The second-order valence-electron chi connectivity index (χ2n) is 6.20. The van der Waals surface area contributed by atoms with Crippen molar-refractivity contribution in [2.24, 2.45) is 0 Å². The molecule has 0 bridgehead atoms. The third-order valence-corrected chi connectivity index (χ3v) is 4.41. The maximum atomic E-state index is 5.50. The van der Waals surface area contributed by atoms with E-state index in [0.717, 1.165) is 49.0 Å². The Morgan fingerprint density at radius 3 is 3.20 bits per heavy atom. The van der Waals surface area contributed by atoms with Crippen LogP contribution in [0.5, 0.6) is 0 Å². The number of nitrogens with one attached hydrogen (secondary N) is 2. The van der Waals surface area contributed by atoms with Crippen LogP contribution in [0.2, 0.25) is 0 Å². The van der Waals surface area contributed by atoms with Gasteiger partial charge >= 0.3 is 0 Å². The maximum Gasteiger partial charge on any atom is 0.145 e. The molecular formula is C18H22N6O. The van der Waals surface area contributed by atoms with E-state index in [9.17, 15) is 0 Å². The molecule has 0 aliphatic carbocycles. The molecule has 3 aromatic heterocycles. The van der Waals surface area contributed by atoms with Crippen LogP contribution in [0.1, 0.15) is 13.3 Å². The van der Waals surface area contributed by atoms with E-state index in [1.165, 1.54) is 0 Å². The average Bonchev–Trinajstić information content (AvgIpc) is 3.27. The summed E-state index contributed by atoms with van der Waals surface area (Å²) in [6.45, 7) is 4.43. The highest BCUT2D eigenvalue weighted by molar-refractivity contribution is 5.60. The van der Waals surface area contributed by atoms with Crippen molar-refractivity contribution < 1.29 is 4.74 Å². The summed E-state index contributed by atoms with van der Waals surface area (Å²) in [5.41, 5.74) is 2.64. The number of nitrogens with zero attached hydrogens (tertiary/aromatic N) is 4. The molecule has 1 aliphatic heterocycles.